The Morgan fingerprint density at radius 2 is 2.35 bits per heavy atom. The van der Waals surface area contributed by atoms with Gasteiger partial charge in [0.05, 0.1) is 16.7 Å². The summed E-state index contributed by atoms with van der Waals surface area (Å²) in [4.78, 5) is 4.29. The molecular formula is C12H9ClN2OS. The van der Waals surface area contributed by atoms with Gasteiger partial charge >= 0.3 is 0 Å². The fraction of sp³-hybridized carbons (Fsp3) is 0.167. The van der Waals surface area contributed by atoms with Crippen molar-refractivity contribution in [2.45, 2.75) is 13.5 Å². The molecule has 0 unspecified atom stereocenters. The molecule has 0 aliphatic rings. The van der Waals surface area contributed by atoms with Gasteiger partial charge in [0.15, 0.2) is 0 Å². The van der Waals surface area contributed by atoms with E-state index in [1.165, 1.54) is 0 Å². The average Bonchev–Trinajstić information content (AvgIpc) is 2.73. The van der Waals surface area contributed by atoms with Crippen LogP contribution in [0.5, 0.6) is 5.75 Å². The van der Waals surface area contributed by atoms with E-state index in [4.69, 9.17) is 21.6 Å². The second-order valence-corrected chi connectivity index (χ2v) is 4.78. The van der Waals surface area contributed by atoms with Crippen molar-refractivity contribution in [1.29, 1.82) is 5.26 Å². The lowest BCUT2D eigenvalue weighted by atomic mass is 10.2. The molecule has 0 aliphatic carbocycles. The fourth-order valence-corrected chi connectivity index (χ4v) is 2.21. The maximum atomic E-state index is 8.71. The maximum absolute atomic E-state index is 8.71. The number of benzene rings is 1. The van der Waals surface area contributed by atoms with Gasteiger partial charge in [-0.2, -0.15) is 5.26 Å². The quantitative estimate of drug-likeness (QED) is 0.852. The van der Waals surface area contributed by atoms with Gasteiger partial charge in [-0.25, -0.2) is 4.98 Å². The largest absolute Gasteiger partial charge is 0.485 e. The molecule has 0 fully saturated rings. The van der Waals surface area contributed by atoms with Crippen LogP contribution >= 0.6 is 22.9 Å². The Balaban J connectivity index is 2.07. The van der Waals surface area contributed by atoms with Crippen LogP contribution in [-0.2, 0) is 6.61 Å². The summed E-state index contributed by atoms with van der Waals surface area (Å²) in [6.07, 6.45) is 0. The van der Waals surface area contributed by atoms with E-state index < -0.39 is 0 Å². The van der Waals surface area contributed by atoms with Gasteiger partial charge in [0.1, 0.15) is 17.4 Å². The number of nitriles is 1. The molecule has 2 aromatic rings. The number of aryl methyl sites for hydroxylation is 1. The predicted octanol–water partition coefficient (Wildman–Crippen LogP) is 3.56. The Labute approximate surface area is 108 Å². The SMILES string of the molecule is Cc1csc(COc2ccc(C#N)cc2Cl)n1. The van der Waals surface area contributed by atoms with Crippen LogP contribution in [0, 0.1) is 18.3 Å². The minimum absolute atomic E-state index is 0.393. The molecule has 1 aromatic heterocycles. The van der Waals surface area contributed by atoms with Crippen LogP contribution in [0.1, 0.15) is 16.3 Å². The lowest BCUT2D eigenvalue weighted by Gasteiger charge is -2.05. The number of thiazole rings is 1. The number of hydrogen-bond acceptors (Lipinski definition) is 4. The van der Waals surface area contributed by atoms with Crippen molar-refractivity contribution in [3.8, 4) is 11.8 Å². The molecule has 0 bridgehead atoms. The molecule has 86 valence electrons. The lowest BCUT2D eigenvalue weighted by molar-refractivity contribution is 0.305. The van der Waals surface area contributed by atoms with Crippen molar-refractivity contribution >= 4 is 22.9 Å². The van der Waals surface area contributed by atoms with E-state index in [-0.39, 0.29) is 0 Å². The van der Waals surface area contributed by atoms with Crippen LogP contribution in [0.2, 0.25) is 5.02 Å². The molecule has 0 spiro atoms. The first-order valence-electron chi connectivity index (χ1n) is 4.92. The average molecular weight is 265 g/mol. The summed E-state index contributed by atoms with van der Waals surface area (Å²) in [5.74, 6) is 0.568. The molecule has 0 radical (unpaired) electrons. The van der Waals surface area contributed by atoms with E-state index in [0.717, 1.165) is 10.7 Å². The number of halogens is 1. The van der Waals surface area contributed by atoms with E-state index in [0.29, 0.717) is 22.9 Å². The van der Waals surface area contributed by atoms with E-state index in [1.807, 2.05) is 18.4 Å². The molecule has 0 N–H and O–H groups in total. The highest BCUT2D eigenvalue weighted by Gasteiger charge is 2.05. The third-order valence-corrected chi connectivity index (χ3v) is 3.31. The second kappa shape index (κ2) is 5.17. The van der Waals surface area contributed by atoms with Crippen LogP contribution in [0.4, 0.5) is 0 Å². The number of hydrogen-bond donors (Lipinski definition) is 0. The normalized spacial score (nSPS) is 9.94. The molecular weight excluding hydrogens is 256 g/mol. The van der Waals surface area contributed by atoms with Gasteiger partial charge in [0, 0.05) is 11.1 Å². The highest BCUT2D eigenvalue weighted by molar-refractivity contribution is 7.09. The van der Waals surface area contributed by atoms with Crippen molar-refractivity contribution in [3.05, 3.63) is 44.9 Å². The molecule has 17 heavy (non-hydrogen) atoms. The third-order valence-electron chi connectivity index (χ3n) is 2.08. The van der Waals surface area contributed by atoms with Gasteiger partial charge in [-0.05, 0) is 25.1 Å². The first kappa shape index (κ1) is 11.9. The summed E-state index contributed by atoms with van der Waals surface area (Å²) in [6.45, 7) is 2.33. The Hall–Kier alpha value is -1.57. The predicted molar refractivity (Wildman–Crippen MR) is 67.4 cm³/mol. The van der Waals surface area contributed by atoms with Crippen molar-refractivity contribution in [1.82, 2.24) is 4.98 Å². The fourth-order valence-electron chi connectivity index (χ4n) is 1.30. The van der Waals surface area contributed by atoms with Crippen molar-refractivity contribution in [2.24, 2.45) is 0 Å². The number of rotatable bonds is 3. The number of ether oxygens (including phenoxy) is 1. The topological polar surface area (TPSA) is 45.9 Å². The van der Waals surface area contributed by atoms with E-state index in [2.05, 4.69) is 4.98 Å². The van der Waals surface area contributed by atoms with Crippen LogP contribution < -0.4 is 4.74 Å². The van der Waals surface area contributed by atoms with Gasteiger partial charge in [-0.15, -0.1) is 11.3 Å². The van der Waals surface area contributed by atoms with Gasteiger partial charge < -0.3 is 4.74 Å². The summed E-state index contributed by atoms with van der Waals surface area (Å²) < 4.78 is 5.54. The molecule has 1 heterocycles. The monoisotopic (exact) mass is 264 g/mol. The summed E-state index contributed by atoms with van der Waals surface area (Å²) in [5, 5.41) is 12.0. The Morgan fingerprint density at radius 3 is 2.94 bits per heavy atom. The molecule has 0 atom stereocenters. The summed E-state index contributed by atoms with van der Waals surface area (Å²) in [6, 6.07) is 6.98. The van der Waals surface area contributed by atoms with E-state index >= 15 is 0 Å². The molecule has 0 aliphatic heterocycles. The third kappa shape index (κ3) is 2.96. The Kier molecular flexibility index (Phi) is 3.62. The molecule has 0 saturated heterocycles. The molecule has 0 saturated carbocycles. The van der Waals surface area contributed by atoms with Crippen LogP contribution in [0.25, 0.3) is 0 Å². The highest BCUT2D eigenvalue weighted by Crippen LogP contribution is 2.26. The minimum Gasteiger partial charge on any atom is -0.485 e. The number of aromatic nitrogens is 1. The van der Waals surface area contributed by atoms with Crippen molar-refractivity contribution < 1.29 is 4.74 Å². The van der Waals surface area contributed by atoms with Gasteiger partial charge in [-0.1, -0.05) is 11.6 Å². The Bertz CT molecular complexity index is 574. The molecule has 3 nitrogen and oxygen atoms in total. The van der Waals surface area contributed by atoms with Gasteiger partial charge in [0.2, 0.25) is 0 Å². The zero-order valence-electron chi connectivity index (χ0n) is 9.11. The van der Waals surface area contributed by atoms with Gasteiger partial charge in [0.25, 0.3) is 0 Å². The van der Waals surface area contributed by atoms with E-state index in [9.17, 15) is 0 Å². The van der Waals surface area contributed by atoms with Crippen LogP contribution in [-0.4, -0.2) is 4.98 Å². The highest BCUT2D eigenvalue weighted by atomic mass is 35.5. The standard InChI is InChI=1S/C12H9ClN2OS/c1-8-7-17-12(15-8)6-16-11-3-2-9(5-14)4-10(11)13/h2-4,7H,6H2,1H3. The first-order chi connectivity index (χ1) is 8.19. The molecule has 0 amide bonds. The maximum Gasteiger partial charge on any atom is 0.140 e. The van der Waals surface area contributed by atoms with Crippen LogP contribution in [0.15, 0.2) is 23.6 Å². The minimum atomic E-state index is 0.393. The smallest absolute Gasteiger partial charge is 0.140 e. The molecule has 5 heteroatoms. The Morgan fingerprint density at radius 1 is 1.53 bits per heavy atom. The molecule has 1 aromatic carbocycles. The summed E-state index contributed by atoms with van der Waals surface area (Å²) >= 11 is 7.54. The summed E-state index contributed by atoms with van der Waals surface area (Å²) in [5.41, 5.74) is 1.51. The van der Waals surface area contributed by atoms with Gasteiger partial charge in [-0.3, -0.25) is 0 Å². The first-order valence-corrected chi connectivity index (χ1v) is 6.18. The number of nitrogens with zero attached hydrogens (tertiary/aromatic N) is 2. The zero-order valence-corrected chi connectivity index (χ0v) is 10.7. The van der Waals surface area contributed by atoms with E-state index in [1.54, 1.807) is 29.5 Å². The van der Waals surface area contributed by atoms with Crippen LogP contribution in [0.3, 0.4) is 0 Å². The lowest BCUT2D eigenvalue weighted by Crippen LogP contribution is -1.95. The zero-order chi connectivity index (χ0) is 12.3. The van der Waals surface area contributed by atoms with Crippen molar-refractivity contribution in [3.63, 3.8) is 0 Å². The van der Waals surface area contributed by atoms with Crippen molar-refractivity contribution in [2.75, 3.05) is 0 Å². The summed E-state index contributed by atoms with van der Waals surface area (Å²) in [7, 11) is 0. The molecule has 2 rings (SSSR count). The second-order valence-electron chi connectivity index (χ2n) is 3.43.